The van der Waals surface area contributed by atoms with Gasteiger partial charge in [-0.05, 0) is 106 Å². The standard InChI is InChI=1S/C52H40N2/c1-51(2)45-26-14-15-28-49(45)54-48-32-30-38(33-43(48)42-24-16-27-46(51)50(42)54)53(37-21-10-5-11-22-37)39-29-31-41-40-23-12-13-25-44(40)52(47(41)34-39,35-17-6-3-7-18-35)36-19-8-4-9-20-36/h3,5-8,10-34H,4,9H2,1-2H3. The van der Waals surface area contributed by atoms with Gasteiger partial charge in [0.25, 0.3) is 0 Å². The fraction of sp³-hybridized carbons (Fsp3) is 0.115. The van der Waals surface area contributed by atoms with Gasteiger partial charge >= 0.3 is 0 Å². The first-order valence-electron chi connectivity index (χ1n) is 19.3. The van der Waals surface area contributed by atoms with Crippen LogP contribution in [0.2, 0.25) is 0 Å². The molecule has 258 valence electrons. The van der Waals surface area contributed by atoms with Crippen LogP contribution >= 0.6 is 0 Å². The molecule has 2 heterocycles. The van der Waals surface area contributed by atoms with Gasteiger partial charge in [0.1, 0.15) is 0 Å². The van der Waals surface area contributed by atoms with Gasteiger partial charge in [-0.3, -0.25) is 0 Å². The highest BCUT2D eigenvalue weighted by atomic mass is 15.1. The van der Waals surface area contributed by atoms with Crippen molar-refractivity contribution in [3.05, 3.63) is 215 Å². The third kappa shape index (κ3) is 4.17. The van der Waals surface area contributed by atoms with E-state index < -0.39 is 5.41 Å². The zero-order valence-electron chi connectivity index (χ0n) is 30.6. The topological polar surface area (TPSA) is 8.17 Å². The summed E-state index contributed by atoms with van der Waals surface area (Å²) in [6.07, 6.45) is 9.34. The molecule has 2 nitrogen and oxygen atoms in total. The second kappa shape index (κ2) is 11.6. The first kappa shape index (κ1) is 31.2. The Morgan fingerprint density at radius 3 is 2.02 bits per heavy atom. The highest BCUT2D eigenvalue weighted by molar-refractivity contribution is 6.13. The maximum Gasteiger partial charge on any atom is 0.0711 e. The van der Waals surface area contributed by atoms with Crippen LogP contribution in [0.25, 0.3) is 38.6 Å². The van der Waals surface area contributed by atoms with E-state index in [1.807, 2.05) is 0 Å². The van der Waals surface area contributed by atoms with Crippen molar-refractivity contribution in [2.24, 2.45) is 0 Å². The minimum absolute atomic E-state index is 0.102. The van der Waals surface area contributed by atoms with Gasteiger partial charge in [0.05, 0.1) is 22.1 Å². The summed E-state index contributed by atoms with van der Waals surface area (Å²) in [6.45, 7) is 4.73. The molecular formula is C52H40N2. The molecule has 7 aromatic carbocycles. The van der Waals surface area contributed by atoms with E-state index in [2.05, 4.69) is 205 Å². The number of hydrogen-bond acceptors (Lipinski definition) is 1. The molecule has 1 unspecified atom stereocenters. The van der Waals surface area contributed by atoms with Crippen LogP contribution in [-0.4, -0.2) is 4.57 Å². The Hall–Kier alpha value is -6.38. The van der Waals surface area contributed by atoms with E-state index in [-0.39, 0.29) is 5.41 Å². The van der Waals surface area contributed by atoms with Gasteiger partial charge < -0.3 is 9.47 Å². The molecule has 0 fully saturated rings. The van der Waals surface area contributed by atoms with E-state index in [0.717, 1.165) is 29.9 Å². The van der Waals surface area contributed by atoms with Crippen molar-refractivity contribution in [3.63, 3.8) is 0 Å². The lowest BCUT2D eigenvalue weighted by molar-refractivity contribution is 0.630. The van der Waals surface area contributed by atoms with Gasteiger partial charge in [-0.25, -0.2) is 0 Å². The Morgan fingerprint density at radius 2 is 1.20 bits per heavy atom. The molecule has 0 amide bonds. The Labute approximate surface area is 317 Å². The van der Waals surface area contributed by atoms with E-state index in [4.69, 9.17) is 0 Å². The van der Waals surface area contributed by atoms with Crippen LogP contribution < -0.4 is 4.90 Å². The molecule has 54 heavy (non-hydrogen) atoms. The maximum atomic E-state index is 2.50. The Kier molecular flexibility index (Phi) is 6.67. The van der Waals surface area contributed by atoms with E-state index in [0.29, 0.717) is 0 Å². The van der Waals surface area contributed by atoms with Crippen LogP contribution in [-0.2, 0) is 10.8 Å². The van der Waals surface area contributed by atoms with Crippen molar-refractivity contribution in [1.82, 2.24) is 4.57 Å². The molecule has 0 spiro atoms. The summed E-state index contributed by atoms with van der Waals surface area (Å²) in [6, 6.07) is 61.2. The number of allylic oxidation sites excluding steroid dienone is 4. The number of nitrogens with zero attached hydrogens (tertiary/aromatic N) is 2. The average molecular weight is 693 g/mol. The summed E-state index contributed by atoms with van der Waals surface area (Å²) in [4.78, 5) is 2.45. The van der Waals surface area contributed by atoms with Gasteiger partial charge in [-0.2, -0.15) is 0 Å². The zero-order valence-corrected chi connectivity index (χ0v) is 30.6. The lowest BCUT2D eigenvalue weighted by atomic mass is 9.66. The normalized spacial score (nSPS) is 17.6. The summed E-state index contributed by atoms with van der Waals surface area (Å²) < 4.78 is 2.50. The van der Waals surface area contributed by atoms with E-state index in [1.54, 1.807) is 0 Å². The third-order valence-corrected chi connectivity index (χ3v) is 12.5. The molecule has 8 aromatic rings. The summed E-state index contributed by atoms with van der Waals surface area (Å²) in [7, 11) is 0. The first-order valence-corrected chi connectivity index (χ1v) is 19.3. The van der Waals surface area contributed by atoms with Crippen molar-refractivity contribution in [2.45, 2.75) is 37.5 Å². The minimum atomic E-state index is -0.425. The van der Waals surface area contributed by atoms with Crippen molar-refractivity contribution in [3.8, 4) is 16.8 Å². The summed E-state index contributed by atoms with van der Waals surface area (Å²) in [5.74, 6) is 0. The van der Waals surface area contributed by atoms with E-state index >= 15 is 0 Å². The van der Waals surface area contributed by atoms with Gasteiger partial charge in [-0.1, -0.05) is 147 Å². The molecule has 0 radical (unpaired) electrons. The Balaban J connectivity index is 1.17. The van der Waals surface area contributed by atoms with Crippen LogP contribution in [0.5, 0.6) is 0 Å². The molecular weight excluding hydrogens is 653 g/mol. The molecule has 0 saturated carbocycles. The number of hydrogen-bond donors (Lipinski definition) is 0. The van der Waals surface area contributed by atoms with Gasteiger partial charge in [0.2, 0.25) is 0 Å². The molecule has 3 aliphatic rings. The molecule has 0 bridgehead atoms. The molecule has 2 heteroatoms. The first-order chi connectivity index (χ1) is 26.6. The van der Waals surface area contributed by atoms with Crippen LogP contribution in [0.1, 0.15) is 54.5 Å². The molecule has 1 aliphatic heterocycles. The number of fused-ring (bicyclic) bond motifs is 8. The summed E-state index contributed by atoms with van der Waals surface area (Å²) >= 11 is 0. The minimum Gasteiger partial charge on any atom is -0.310 e. The van der Waals surface area contributed by atoms with E-state index in [1.165, 1.54) is 72.0 Å². The number of para-hydroxylation sites is 3. The third-order valence-electron chi connectivity index (χ3n) is 12.5. The lowest BCUT2D eigenvalue weighted by Gasteiger charge is -2.36. The monoisotopic (exact) mass is 692 g/mol. The second-order valence-electron chi connectivity index (χ2n) is 15.6. The van der Waals surface area contributed by atoms with E-state index in [9.17, 15) is 0 Å². The Bertz CT molecular complexity index is 2850. The van der Waals surface area contributed by atoms with Gasteiger partial charge in [0, 0.05) is 33.2 Å². The van der Waals surface area contributed by atoms with Crippen molar-refractivity contribution < 1.29 is 0 Å². The highest BCUT2D eigenvalue weighted by Gasteiger charge is 2.47. The number of rotatable bonds is 5. The predicted octanol–water partition coefficient (Wildman–Crippen LogP) is 13.5. The van der Waals surface area contributed by atoms with Crippen LogP contribution in [0.4, 0.5) is 17.1 Å². The molecule has 0 N–H and O–H groups in total. The maximum absolute atomic E-state index is 2.50. The summed E-state index contributed by atoms with van der Waals surface area (Å²) in [5, 5.41) is 2.56. The lowest BCUT2D eigenvalue weighted by Crippen LogP contribution is -2.29. The highest BCUT2D eigenvalue weighted by Crippen LogP contribution is 2.58. The predicted molar refractivity (Wildman–Crippen MR) is 226 cm³/mol. The van der Waals surface area contributed by atoms with Crippen molar-refractivity contribution in [2.75, 3.05) is 4.90 Å². The van der Waals surface area contributed by atoms with Gasteiger partial charge in [-0.15, -0.1) is 0 Å². The fourth-order valence-corrected chi connectivity index (χ4v) is 10.1. The molecule has 11 rings (SSSR count). The van der Waals surface area contributed by atoms with Gasteiger partial charge in [0.15, 0.2) is 0 Å². The largest absolute Gasteiger partial charge is 0.310 e. The smallest absolute Gasteiger partial charge is 0.0711 e. The van der Waals surface area contributed by atoms with Crippen molar-refractivity contribution in [1.29, 1.82) is 0 Å². The number of aromatic nitrogens is 1. The van der Waals surface area contributed by atoms with Crippen LogP contribution in [0.3, 0.4) is 0 Å². The second-order valence-corrected chi connectivity index (χ2v) is 15.6. The molecule has 0 saturated heterocycles. The SMILES string of the molecule is CC1(C)c2ccccc2-n2c3ccc(N(c4ccccc4)c4ccc5c(c4)C(C4=CCCC=C4)(c4ccccc4)c4ccccc4-5)cc3c3cccc1c32. The molecule has 2 aliphatic carbocycles. The quantitative estimate of drug-likeness (QED) is 0.174. The zero-order chi connectivity index (χ0) is 36.0. The Morgan fingerprint density at radius 1 is 0.519 bits per heavy atom. The van der Waals surface area contributed by atoms with Crippen molar-refractivity contribution >= 4 is 38.9 Å². The molecule has 1 atom stereocenters. The average Bonchev–Trinajstić information content (AvgIpc) is 3.72. The number of anilines is 3. The summed E-state index contributed by atoms with van der Waals surface area (Å²) in [5.41, 5.74) is 17.4. The fourth-order valence-electron chi connectivity index (χ4n) is 10.1. The number of benzene rings is 7. The van der Waals surface area contributed by atoms with Crippen LogP contribution in [0.15, 0.2) is 188 Å². The van der Waals surface area contributed by atoms with Crippen LogP contribution in [0, 0.1) is 0 Å². The molecule has 1 aromatic heterocycles.